The fourth-order valence-electron chi connectivity index (χ4n) is 2.83. The highest BCUT2D eigenvalue weighted by Crippen LogP contribution is 2.33. The van der Waals surface area contributed by atoms with Gasteiger partial charge in [-0.15, -0.1) is 0 Å². The molecule has 1 heterocycles. The SMILES string of the molecule is CCc1c(C)n(C)c2c(C(=O)O)cc(C(C)(C)C)cc12. The van der Waals surface area contributed by atoms with Crippen molar-refractivity contribution >= 4 is 16.9 Å². The van der Waals surface area contributed by atoms with Crippen LogP contribution < -0.4 is 0 Å². The normalized spacial score (nSPS) is 12.1. The van der Waals surface area contributed by atoms with E-state index in [1.54, 1.807) is 0 Å². The van der Waals surface area contributed by atoms with Crippen LogP contribution in [0.4, 0.5) is 0 Å². The van der Waals surface area contributed by atoms with Gasteiger partial charge in [-0.05, 0) is 42.0 Å². The van der Waals surface area contributed by atoms with Crippen molar-refractivity contribution in [1.29, 1.82) is 0 Å². The van der Waals surface area contributed by atoms with Crippen LogP contribution in [0.15, 0.2) is 12.1 Å². The number of fused-ring (bicyclic) bond motifs is 1. The van der Waals surface area contributed by atoms with Crippen molar-refractivity contribution in [3.05, 3.63) is 34.5 Å². The first-order valence-electron chi connectivity index (χ1n) is 7.04. The molecule has 108 valence electrons. The lowest BCUT2D eigenvalue weighted by molar-refractivity contribution is 0.0698. The summed E-state index contributed by atoms with van der Waals surface area (Å²) in [6.07, 6.45) is 0.913. The zero-order valence-electron chi connectivity index (χ0n) is 13.2. The van der Waals surface area contributed by atoms with Crippen LogP contribution in [-0.2, 0) is 18.9 Å². The highest BCUT2D eigenvalue weighted by Gasteiger charge is 2.22. The molecular formula is C17H23NO2. The van der Waals surface area contributed by atoms with Gasteiger partial charge in [-0.1, -0.05) is 27.7 Å². The predicted molar refractivity (Wildman–Crippen MR) is 82.7 cm³/mol. The Kier molecular flexibility index (Phi) is 3.41. The molecule has 0 radical (unpaired) electrons. The predicted octanol–water partition coefficient (Wildman–Crippen LogP) is 4.04. The van der Waals surface area contributed by atoms with Gasteiger partial charge in [-0.2, -0.15) is 0 Å². The molecule has 1 aromatic carbocycles. The fraction of sp³-hybridized carbons (Fsp3) is 0.471. The lowest BCUT2D eigenvalue weighted by Crippen LogP contribution is -2.13. The van der Waals surface area contributed by atoms with Crippen LogP contribution in [0.1, 0.15) is 54.9 Å². The Bertz CT molecular complexity index is 687. The zero-order chi connectivity index (χ0) is 15.2. The number of aryl methyl sites for hydroxylation is 2. The molecule has 0 spiro atoms. The number of hydrogen-bond acceptors (Lipinski definition) is 1. The van der Waals surface area contributed by atoms with Gasteiger partial charge in [0.15, 0.2) is 0 Å². The second-order valence-electron chi connectivity index (χ2n) is 6.45. The van der Waals surface area contributed by atoms with E-state index in [0.717, 1.165) is 28.6 Å². The number of aromatic nitrogens is 1. The Hall–Kier alpha value is -1.77. The standard InChI is InChI=1S/C17H23NO2/c1-7-12-10(2)18(6)15-13(12)8-11(17(3,4)5)9-14(15)16(19)20/h8-9H,7H2,1-6H3,(H,19,20). The van der Waals surface area contributed by atoms with Crippen molar-refractivity contribution in [3.63, 3.8) is 0 Å². The Labute approximate surface area is 120 Å². The third-order valence-electron chi connectivity index (χ3n) is 4.16. The number of carboxylic acids is 1. The summed E-state index contributed by atoms with van der Waals surface area (Å²) in [4.78, 5) is 11.6. The van der Waals surface area contributed by atoms with Crippen LogP contribution >= 0.6 is 0 Å². The van der Waals surface area contributed by atoms with Gasteiger partial charge in [0.1, 0.15) is 0 Å². The van der Waals surface area contributed by atoms with Gasteiger partial charge >= 0.3 is 5.97 Å². The molecule has 0 bridgehead atoms. The van der Waals surface area contributed by atoms with Gasteiger partial charge in [0, 0.05) is 18.1 Å². The summed E-state index contributed by atoms with van der Waals surface area (Å²) in [6, 6.07) is 3.98. The molecule has 20 heavy (non-hydrogen) atoms. The molecule has 3 nitrogen and oxygen atoms in total. The van der Waals surface area contributed by atoms with E-state index < -0.39 is 5.97 Å². The molecular weight excluding hydrogens is 250 g/mol. The van der Waals surface area contributed by atoms with Crippen LogP contribution in [0.25, 0.3) is 10.9 Å². The smallest absolute Gasteiger partial charge is 0.337 e. The largest absolute Gasteiger partial charge is 0.478 e. The van der Waals surface area contributed by atoms with Crippen molar-refractivity contribution in [2.45, 2.75) is 46.5 Å². The summed E-state index contributed by atoms with van der Waals surface area (Å²) in [5, 5.41) is 10.6. The maximum atomic E-state index is 11.6. The summed E-state index contributed by atoms with van der Waals surface area (Å²) in [6.45, 7) is 10.5. The molecule has 0 saturated carbocycles. The summed E-state index contributed by atoms with van der Waals surface area (Å²) in [7, 11) is 1.94. The molecule has 1 aromatic heterocycles. The molecule has 2 aromatic rings. The molecule has 0 saturated heterocycles. The van der Waals surface area contributed by atoms with Gasteiger partial charge in [0.2, 0.25) is 0 Å². The van der Waals surface area contributed by atoms with Crippen LogP contribution in [0.3, 0.4) is 0 Å². The molecule has 3 heteroatoms. The number of benzene rings is 1. The average molecular weight is 273 g/mol. The summed E-state index contributed by atoms with van der Waals surface area (Å²) in [5.74, 6) is -0.857. The number of hydrogen-bond donors (Lipinski definition) is 1. The van der Waals surface area contributed by atoms with Crippen LogP contribution in [0.5, 0.6) is 0 Å². The van der Waals surface area contributed by atoms with E-state index in [4.69, 9.17) is 0 Å². The maximum Gasteiger partial charge on any atom is 0.337 e. The first-order valence-corrected chi connectivity index (χ1v) is 7.04. The van der Waals surface area contributed by atoms with Crippen molar-refractivity contribution in [1.82, 2.24) is 4.57 Å². The lowest BCUT2D eigenvalue weighted by atomic mass is 9.84. The second kappa shape index (κ2) is 4.65. The van der Waals surface area contributed by atoms with Crippen molar-refractivity contribution < 1.29 is 9.90 Å². The van der Waals surface area contributed by atoms with Crippen LogP contribution in [-0.4, -0.2) is 15.6 Å². The van der Waals surface area contributed by atoms with Gasteiger partial charge in [0.25, 0.3) is 0 Å². The van der Waals surface area contributed by atoms with E-state index in [2.05, 4.69) is 40.7 Å². The van der Waals surface area contributed by atoms with Crippen molar-refractivity contribution in [2.75, 3.05) is 0 Å². The van der Waals surface area contributed by atoms with E-state index in [0.29, 0.717) is 5.56 Å². The van der Waals surface area contributed by atoms with Gasteiger partial charge < -0.3 is 9.67 Å². The Morgan fingerprint density at radius 2 is 1.90 bits per heavy atom. The minimum atomic E-state index is -0.857. The van der Waals surface area contributed by atoms with E-state index in [9.17, 15) is 9.90 Å². The third-order valence-corrected chi connectivity index (χ3v) is 4.16. The Balaban J connectivity index is 2.97. The first kappa shape index (κ1) is 14.6. The molecule has 0 aliphatic heterocycles. The number of carboxylic acid groups (broad SMARTS) is 1. The van der Waals surface area contributed by atoms with E-state index in [1.807, 2.05) is 17.7 Å². The molecule has 1 N–H and O–H groups in total. The molecule has 0 fully saturated rings. The molecule has 0 atom stereocenters. The highest BCUT2D eigenvalue weighted by atomic mass is 16.4. The molecule has 0 unspecified atom stereocenters. The fourth-order valence-corrected chi connectivity index (χ4v) is 2.83. The average Bonchev–Trinajstić information content (AvgIpc) is 2.59. The van der Waals surface area contributed by atoms with E-state index >= 15 is 0 Å². The van der Waals surface area contributed by atoms with Gasteiger partial charge in [-0.3, -0.25) is 0 Å². The van der Waals surface area contributed by atoms with Crippen LogP contribution in [0, 0.1) is 6.92 Å². The first-order chi connectivity index (χ1) is 9.18. The minimum Gasteiger partial charge on any atom is -0.478 e. The van der Waals surface area contributed by atoms with Crippen molar-refractivity contribution in [2.24, 2.45) is 7.05 Å². The topological polar surface area (TPSA) is 42.2 Å². The Morgan fingerprint density at radius 3 is 2.35 bits per heavy atom. The third kappa shape index (κ3) is 2.11. The number of carbonyl (C=O) groups is 1. The van der Waals surface area contributed by atoms with Crippen molar-refractivity contribution in [3.8, 4) is 0 Å². The minimum absolute atomic E-state index is 0.0624. The molecule has 0 amide bonds. The molecule has 0 aliphatic rings. The lowest BCUT2D eigenvalue weighted by Gasteiger charge is -2.20. The maximum absolute atomic E-state index is 11.6. The van der Waals surface area contributed by atoms with E-state index in [1.165, 1.54) is 5.56 Å². The second-order valence-corrected chi connectivity index (χ2v) is 6.45. The Morgan fingerprint density at radius 1 is 1.30 bits per heavy atom. The number of aromatic carboxylic acids is 1. The highest BCUT2D eigenvalue weighted by molar-refractivity contribution is 6.04. The van der Waals surface area contributed by atoms with E-state index in [-0.39, 0.29) is 5.41 Å². The number of rotatable bonds is 2. The summed E-state index contributed by atoms with van der Waals surface area (Å²) in [5.41, 5.74) is 4.64. The molecule has 2 rings (SSSR count). The quantitative estimate of drug-likeness (QED) is 0.897. The monoisotopic (exact) mass is 273 g/mol. The van der Waals surface area contributed by atoms with Crippen LogP contribution in [0.2, 0.25) is 0 Å². The van der Waals surface area contributed by atoms with Gasteiger partial charge in [0.05, 0.1) is 11.1 Å². The molecule has 0 aliphatic carbocycles. The number of nitrogens with zero attached hydrogens (tertiary/aromatic N) is 1. The summed E-state index contributed by atoms with van der Waals surface area (Å²) >= 11 is 0. The zero-order valence-corrected chi connectivity index (χ0v) is 13.2. The summed E-state index contributed by atoms with van der Waals surface area (Å²) < 4.78 is 2.00. The van der Waals surface area contributed by atoms with Gasteiger partial charge in [-0.25, -0.2) is 4.79 Å².